The van der Waals surface area contributed by atoms with Crippen molar-refractivity contribution in [1.29, 1.82) is 0 Å². The lowest BCUT2D eigenvalue weighted by atomic mass is 10.2. The molecule has 0 bridgehead atoms. The van der Waals surface area contributed by atoms with Crippen LogP contribution >= 0.6 is 0 Å². The van der Waals surface area contributed by atoms with Gasteiger partial charge in [0.1, 0.15) is 0 Å². The van der Waals surface area contributed by atoms with Crippen LogP contribution in [0.1, 0.15) is 12.5 Å². The molecule has 1 heterocycles. The number of carboxylic acids is 1. The van der Waals surface area contributed by atoms with Crippen LogP contribution in [0.15, 0.2) is 18.2 Å². The number of carboxylic acid groups (broad SMARTS) is 1. The van der Waals surface area contributed by atoms with Crippen LogP contribution in [0, 0.1) is 0 Å². The lowest BCUT2D eigenvalue weighted by Gasteiger charge is -2.08. The molecule has 1 aromatic carbocycles. The summed E-state index contributed by atoms with van der Waals surface area (Å²) in [5.74, 6) is 0.403. The van der Waals surface area contributed by atoms with E-state index in [4.69, 9.17) is 19.3 Å². The fraction of sp³-hybridized carbons (Fsp3) is 0.364. The van der Waals surface area contributed by atoms with Crippen molar-refractivity contribution < 1.29 is 24.1 Å². The standard InChI is InChI=1S/C11H12O5/c1-7(11(12)13)14-5-8-2-3-9-10(4-8)16-6-15-9/h2-4,7H,5-6H2,1H3,(H,12,13)/t7-/m0/s1. The molecule has 0 radical (unpaired) electrons. The number of rotatable bonds is 4. The van der Waals surface area contributed by atoms with Crippen molar-refractivity contribution in [2.45, 2.75) is 19.6 Å². The van der Waals surface area contributed by atoms with Gasteiger partial charge in [-0.25, -0.2) is 4.79 Å². The SMILES string of the molecule is C[C@H](OCc1ccc2c(c1)OCO2)C(=O)O. The molecule has 0 aromatic heterocycles. The Kier molecular flexibility index (Phi) is 2.96. The summed E-state index contributed by atoms with van der Waals surface area (Å²) >= 11 is 0. The largest absolute Gasteiger partial charge is 0.479 e. The number of fused-ring (bicyclic) bond motifs is 1. The van der Waals surface area contributed by atoms with E-state index in [-0.39, 0.29) is 13.4 Å². The Morgan fingerprint density at radius 3 is 3.00 bits per heavy atom. The van der Waals surface area contributed by atoms with E-state index in [2.05, 4.69) is 0 Å². The Bertz CT molecular complexity index is 401. The fourth-order valence-electron chi connectivity index (χ4n) is 1.32. The van der Waals surface area contributed by atoms with Crippen LogP contribution in [0.25, 0.3) is 0 Å². The Morgan fingerprint density at radius 1 is 1.50 bits per heavy atom. The summed E-state index contributed by atoms with van der Waals surface area (Å²) in [5.41, 5.74) is 0.859. The zero-order chi connectivity index (χ0) is 11.5. The van der Waals surface area contributed by atoms with Crippen molar-refractivity contribution >= 4 is 5.97 Å². The van der Waals surface area contributed by atoms with Gasteiger partial charge in [-0.2, -0.15) is 0 Å². The van der Waals surface area contributed by atoms with Crippen LogP contribution in [0.5, 0.6) is 11.5 Å². The molecule has 5 nitrogen and oxygen atoms in total. The van der Waals surface area contributed by atoms with Crippen molar-refractivity contribution in [2.24, 2.45) is 0 Å². The van der Waals surface area contributed by atoms with Gasteiger partial charge in [-0.05, 0) is 24.6 Å². The quantitative estimate of drug-likeness (QED) is 0.837. The normalized spacial score (nSPS) is 14.8. The molecule has 0 saturated carbocycles. The summed E-state index contributed by atoms with van der Waals surface area (Å²) < 4.78 is 15.5. The monoisotopic (exact) mass is 224 g/mol. The Morgan fingerprint density at radius 2 is 2.25 bits per heavy atom. The first-order valence-corrected chi connectivity index (χ1v) is 4.90. The molecule has 1 aromatic rings. The van der Waals surface area contributed by atoms with E-state index in [1.165, 1.54) is 6.92 Å². The topological polar surface area (TPSA) is 65.0 Å². The first-order chi connectivity index (χ1) is 7.66. The lowest BCUT2D eigenvalue weighted by molar-refractivity contribution is -0.149. The zero-order valence-corrected chi connectivity index (χ0v) is 8.80. The molecular weight excluding hydrogens is 212 g/mol. The maximum Gasteiger partial charge on any atom is 0.332 e. The Hall–Kier alpha value is -1.75. The molecule has 86 valence electrons. The molecule has 1 atom stereocenters. The number of benzene rings is 1. The fourth-order valence-corrected chi connectivity index (χ4v) is 1.32. The second-order valence-electron chi connectivity index (χ2n) is 3.48. The average molecular weight is 224 g/mol. The van der Waals surface area contributed by atoms with Crippen molar-refractivity contribution in [3.8, 4) is 11.5 Å². The Balaban J connectivity index is 1.98. The van der Waals surface area contributed by atoms with Gasteiger partial charge in [-0.3, -0.25) is 0 Å². The van der Waals surface area contributed by atoms with Crippen LogP contribution in [0.3, 0.4) is 0 Å². The van der Waals surface area contributed by atoms with Gasteiger partial charge >= 0.3 is 5.97 Å². The minimum Gasteiger partial charge on any atom is -0.479 e. The van der Waals surface area contributed by atoms with Crippen molar-refractivity contribution in [3.63, 3.8) is 0 Å². The van der Waals surface area contributed by atoms with Crippen LogP contribution in [0.4, 0.5) is 0 Å². The highest BCUT2D eigenvalue weighted by molar-refractivity contribution is 5.71. The number of hydrogen-bond acceptors (Lipinski definition) is 4. The number of carbonyl (C=O) groups is 1. The smallest absolute Gasteiger partial charge is 0.332 e. The summed E-state index contributed by atoms with van der Waals surface area (Å²) in [5, 5.41) is 8.65. The van der Waals surface area contributed by atoms with Gasteiger partial charge in [0, 0.05) is 0 Å². The summed E-state index contributed by atoms with van der Waals surface area (Å²) in [7, 11) is 0. The van der Waals surface area contributed by atoms with Gasteiger partial charge < -0.3 is 19.3 Å². The van der Waals surface area contributed by atoms with E-state index >= 15 is 0 Å². The molecule has 1 N–H and O–H groups in total. The highest BCUT2D eigenvalue weighted by Gasteiger charge is 2.15. The molecule has 0 aliphatic carbocycles. The van der Waals surface area contributed by atoms with E-state index in [1.54, 1.807) is 12.1 Å². The van der Waals surface area contributed by atoms with E-state index < -0.39 is 12.1 Å². The third kappa shape index (κ3) is 2.25. The van der Waals surface area contributed by atoms with Gasteiger partial charge in [-0.1, -0.05) is 6.07 Å². The highest BCUT2D eigenvalue weighted by atomic mass is 16.7. The maximum absolute atomic E-state index is 10.5. The van der Waals surface area contributed by atoms with E-state index in [1.807, 2.05) is 6.07 Å². The third-order valence-corrected chi connectivity index (χ3v) is 2.28. The maximum atomic E-state index is 10.5. The third-order valence-electron chi connectivity index (χ3n) is 2.28. The minimum atomic E-state index is -0.972. The minimum absolute atomic E-state index is 0.227. The predicted molar refractivity (Wildman–Crippen MR) is 54.5 cm³/mol. The van der Waals surface area contributed by atoms with Gasteiger partial charge in [-0.15, -0.1) is 0 Å². The predicted octanol–water partition coefficient (Wildman–Crippen LogP) is 1.41. The summed E-state index contributed by atoms with van der Waals surface area (Å²) in [6.07, 6.45) is -0.814. The van der Waals surface area contributed by atoms with Gasteiger partial charge in [0.2, 0.25) is 6.79 Å². The first kappa shape index (κ1) is 10.8. The van der Waals surface area contributed by atoms with Crippen LogP contribution in [0.2, 0.25) is 0 Å². The van der Waals surface area contributed by atoms with Crippen LogP contribution in [-0.2, 0) is 16.1 Å². The van der Waals surface area contributed by atoms with Crippen molar-refractivity contribution in [3.05, 3.63) is 23.8 Å². The summed E-state index contributed by atoms with van der Waals surface area (Å²) in [4.78, 5) is 10.5. The molecule has 0 unspecified atom stereocenters. The molecule has 1 aliphatic heterocycles. The average Bonchev–Trinajstić information content (AvgIpc) is 2.72. The second-order valence-corrected chi connectivity index (χ2v) is 3.48. The number of ether oxygens (including phenoxy) is 3. The molecular formula is C11H12O5. The molecule has 2 rings (SSSR count). The lowest BCUT2D eigenvalue weighted by Crippen LogP contribution is -2.19. The highest BCUT2D eigenvalue weighted by Crippen LogP contribution is 2.32. The van der Waals surface area contributed by atoms with E-state index in [9.17, 15) is 4.79 Å². The first-order valence-electron chi connectivity index (χ1n) is 4.90. The van der Waals surface area contributed by atoms with Gasteiger partial charge in [0.15, 0.2) is 17.6 Å². The number of aliphatic carboxylic acids is 1. The summed E-state index contributed by atoms with van der Waals surface area (Å²) in [6, 6.07) is 5.39. The molecule has 1 aliphatic rings. The summed E-state index contributed by atoms with van der Waals surface area (Å²) in [6.45, 7) is 1.96. The second kappa shape index (κ2) is 4.40. The van der Waals surface area contributed by atoms with E-state index in [0.717, 1.165) is 5.56 Å². The Labute approximate surface area is 92.5 Å². The molecule has 5 heteroatoms. The molecule has 0 fully saturated rings. The van der Waals surface area contributed by atoms with Gasteiger partial charge in [0.05, 0.1) is 6.61 Å². The zero-order valence-electron chi connectivity index (χ0n) is 8.80. The molecule has 16 heavy (non-hydrogen) atoms. The molecule has 0 spiro atoms. The molecule has 0 amide bonds. The van der Waals surface area contributed by atoms with Crippen molar-refractivity contribution in [1.82, 2.24) is 0 Å². The van der Waals surface area contributed by atoms with Crippen LogP contribution < -0.4 is 9.47 Å². The van der Waals surface area contributed by atoms with Gasteiger partial charge in [0.25, 0.3) is 0 Å². The molecule has 0 saturated heterocycles. The van der Waals surface area contributed by atoms with E-state index in [0.29, 0.717) is 11.5 Å². The number of hydrogen-bond donors (Lipinski definition) is 1. The van der Waals surface area contributed by atoms with Crippen molar-refractivity contribution in [2.75, 3.05) is 6.79 Å². The van der Waals surface area contributed by atoms with Crippen LogP contribution in [-0.4, -0.2) is 24.0 Å².